The third kappa shape index (κ3) is 6.22. The lowest BCUT2D eigenvalue weighted by Crippen LogP contribution is -2.14. The predicted octanol–water partition coefficient (Wildman–Crippen LogP) is 1.45. The second-order valence-corrected chi connectivity index (χ2v) is 2.61. The first kappa shape index (κ1) is 12.7. The maximum atomic E-state index is 10.9. The van der Waals surface area contributed by atoms with Crippen LogP contribution in [0.1, 0.15) is 26.7 Å². The summed E-state index contributed by atoms with van der Waals surface area (Å²) in [6, 6.07) is 0. The first-order chi connectivity index (χ1) is 6.72. The molecule has 0 aliphatic carbocycles. The van der Waals surface area contributed by atoms with Crippen molar-refractivity contribution in [2.45, 2.75) is 26.7 Å². The van der Waals surface area contributed by atoms with Gasteiger partial charge in [-0.2, -0.15) is 0 Å². The Kier molecular flexibility index (Phi) is 7.50. The highest BCUT2D eigenvalue weighted by atomic mass is 16.5. The minimum atomic E-state index is -0.845. The molecule has 0 rings (SSSR count). The smallest absolute Gasteiger partial charge is 0.379 e. The van der Waals surface area contributed by atoms with Crippen molar-refractivity contribution >= 4 is 11.8 Å². The maximum absolute atomic E-state index is 10.9. The predicted molar refractivity (Wildman–Crippen MR) is 51.6 cm³/mol. The summed E-state index contributed by atoms with van der Waals surface area (Å²) in [5.74, 6) is -1.54. The lowest BCUT2D eigenvalue weighted by molar-refractivity contribution is -0.151. The van der Waals surface area contributed by atoms with Crippen LogP contribution in [-0.2, 0) is 19.1 Å². The van der Waals surface area contributed by atoms with Gasteiger partial charge in [0, 0.05) is 6.08 Å². The van der Waals surface area contributed by atoms with Gasteiger partial charge in [-0.3, -0.25) is 4.79 Å². The largest absolute Gasteiger partial charge is 0.501 e. The van der Waals surface area contributed by atoms with E-state index >= 15 is 0 Å². The maximum Gasteiger partial charge on any atom is 0.379 e. The summed E-state index contributed by atoms with van der Waals surface area (Å²) in [7, 11) is 0. The number of esters is 1. The molecule has 4 nitrogen and oxygen atoms in total. The van der Waals surface area contributed by atoms with Crippen LogP contribution in [0.5, 0.6) is 0 Å². The first-order valence-electron chi connectivity index (χ1n) is 4.71. The van der Waals surface area contributed by atoms with Crippen molar-refractivity contribution in [2.24, 2.45) is 0 Å². The van der Waals surface area contributed by atoms with Crippen LogP contribution in [0.4, 0.5) is 0 Å². The quantitative estimate of drug-likeness (QED) is 0.205. The molecule has 0 atom stereocenters. The van der Waals surface area contributed by atoms with E-state index in [4.69, 9.17) is 4.74 Å². The molecular formula is C10H16O4. The molecule has 80 valence electrons. The Morgan fingerprint density at radius 3 is 2.57 bits per heavy atom. The van der Waals surface area contributed by atoms with Crippen LogP contribution in [0.25, 0.3) is 0 Å². The summed E-state index contributed by atoms with van der Waals surface area (Å²) >= 11 is 0. The highest BCUT2D eigenvalue weighted by molar-refractivity contribution is 6.38. The van der Waals surface area contributed by atoms with Gasteiger partial charge >= 0.3 is 5.97 Å². The number of hydrogen-bond donors (Lipinski definition) is 0. The minimum absolute atomic E-state index is 0.203. The second kappa shape index (κ2) is 8.29. The lowest BCUT2D eigenvalue weighted by Gasteiger charge is -1.98. The van der Waals surface area contributed by atoms with Gasteiger partial charge in [0.25, 0.3) is 5.78 Å². The topological polar surface area (TPSA) is 52.6 Å². The highest BCUT2D eigenvalue weighted by Gasteiger charge is 2.09. The zero-order valence-corrected chi connectivity index (χ0v) is 8.62. The highest BCUT2D eigenvalue weighted by Crippen LogP contribution is 1.90. The fourth-order valence-corrected chi connectivity index (χ4v) is 0.676. The van der Waals surface area contributed by atoms with Gasteiger partial charge < -0.3 is 9.47 Å². The first-order valence-corrected chi connectivity index (χ1v) is 4.71. The Balaban J connectivity index is 3.65. The number of rotatable bonds is 7. The van der Waals surface area contributed by atoms with Gasteiger partial charge in [-0.1, -0.05) is 13.3 Å². The molecule has 14 heavy (non-hydrogen) atoms. The average Bonchev–Trinajstić information content (AvgIpc) is 2.17. The van der Waals surface area contributed by atoms with Crippen molar-refractivity contribution in [1.82, 2.24) is 0 Å². The van der Waals surface area contributed by atoms with E-state index in [1.165, 1.54) is 6.26 Å². The van der Waals surface area contributed by atoms with Crippen molar-refractivity contribution in [1.29, 1.82) is 0 Å². The molecule has 0 aliphatic rings. The van der Waals surface area contributed by atoms with Crippen molar-refractivity contribution in [3.05, 3.63) is 12.3 Å². The molecule has 0 saturated heterocycles. The molecule has 0 spiro atoms. The average molecular weight is 200 g/mol. The van der Waals surface area contributed by atoms with Gasteiger partial charge in [0.2, 0.25) is 0 Å². The summed E-state index contributed by atoms with van der Waals surface area (Å²) in [6.07, 6.45) is 4.26. The third-order valence-electron chi connectivity index (χ3n) is 1.41. The molecule has 0 saturated carbocycles. The van der Waals surface area contributed by atoms with E-state index in [2.05, 4.69) is 4.74 Å². The molecule has 0 radical (unpaired) electrons. The third-order valence-corrected chi connectivity index (χ3v) is 1.41. The SMILES string of the molecule is CCCCOC=CC(=O)C(=O)OCC. The van der Waals surface area contributed by atoms with Crippen LogP contribution in [-0.4, -0.2) is 25.0 Å². The Hall–Kier alpha value is -1.32. The Bertz CT molecular complexity index is 208. The lowest BCUT2D eigenvalue weighted by atomic mass is 10.4. The van der Waals surface area contributed by atoms with E-state index in [0.29, 0.717) is 6.61 Å². The number of hydrogen-bond acceptors (Lipinski definition) is 4. The van der Waals surface area contributed by atoms with Gasteiger partial charge in [0.1, 0.15) is 0 Å². The van der Waals surface area contributed by atoms with Crippen molar-refractivity contribution < 1.29 is 19.1 Å². The van der Waals surface area contributed by atoms with Crippen molar-refractivity contribution in [3.63, 3.8) is 0 Å². The molecule has 0 N–H and O–H groups in total. The standard InChI is InChI=1S/C10H16O4/c1-3-5-7-13-8-6-9(11)10(12)14-4-2/h6,8H,3-5,7H2,1-2H3. The molecule has 0 aliphatic heterocycles. The zero-order valence-electron chi connectivity index (χ0n) is 8.62. The molecule has 4 heteroatoms. The fraction of sp³-hybridized carbons (Fsp3) is 0.600. The van der Waals surface area contributed by atoms with Crippen molar-refractivity contribution in [2.75, 3.05) is 13.2 Å². The molecule has 0 fully saturated rings. The van der Waals surface area contributed by atoms with Crippen LogP contribution in [0.2, 0.25) is 0 Å². The normalized spacial score (nSPS) is 10.1. The van der Waals surface area contributed by atoms with E-state index in [9.17, 15) is 9.59 Å². The van der Waals surface area contributed by atoms with Gasteiger partial charge in [-0.15, -0.1) is 0 Å². The monoisotopic (exact) mass is 200 g/mol. The Labute approximate surface area is 83.9 Å². The molecular weight excluding hydrogens is 184 g/mol. The van der Waals surface area contributed by atoms with E-state index in [-0.39, 0.29) is 6.61 Å². The van der Waals surface area contributed by atoms with E-state index < -0.39 is 11.8 Å². The van der Waals surface area contributed by atoms with Gasteiger partial charge in [0.05, 0.1) is 19.5 Å². The molecule has 0 amide bonds. The summed E-state index contributed by atoms with van der Waals surface area (Å²) in [6.45, 7) is 4.45. The van der Waals surface area contributed by atoms with Crippen molar-refractivity contribution in [3.8, 4) is 0 Å². The fourth-order valence-electron chi connectivity index (χ4n) is 0.676. The minimum Gasteiger partial charge on any atom is -0.501 e. The number of ether oxygens (including phenoxy) is 2. The van der Waals surface area contributed by atoms with E-state index in [1.807, 2.05) is 6.92 Å². The molecule has 0 bridgehead atoms. The van der Waals surface area contributed by atoms with Gasteiger partial charge in [-0.05, 0) is 13.3 Å². The van der Waals surface area contributed by atoms with Crippen LogP contribution >= 0.6 is 0 Å². The molecule has 0 heterocycles. The number of ketones is 1. The van der Waals surface area contributed by atoms with Crippen LogP contribution in [0.3, 0.4) is 0 Å². The van der Waals surface area contributed by atoms with Gasteiger partial charge in [0.15, 0.2) is 0 Å². The van der Waals surface area contributed by atoms with E-state index in [0.717, 1.165) is 18.9 Å². The summed E-state index contributed by atoms with van der Waals surface area (Å²) in [5.41, 5.74) is 0. The summed E-state index contributed by atoms with van der Waals surface area (Å²) in [5, 5.41) is 0. The number of carbonyl (C=O) groups is 2. The molecule has 0 aromatic carbocycles. The summed E-state index contributed by atoms with van der Waals surface area (Å²) in [4.78, 5) is 21.7. The number of unbranched alkanes of at least 4 members (excludes halogenated alkanes) is 1. The zero-order chi connectivity index (χ0) is 10.8. The van der Waals surface area contributed by atoms with E-state index in [1.54, 1.807) is 6.92 Å². The summed E-state index contributed by atoms with van der Waals surface area (Å²) < 4.78 is 9.45. The Morgan fingerprint density at radius 1 is 1.29 bits per heavy atom. The van der Waals surface area contributed by atoms with Crippen LogP contribution < -0.4 is 0 Å². The molecule has 0 aromatic rings. The number of carbonyl (C=O) groups excluding carboxylic acids is 2. The Morgan fingerprint density at radius 2 is 2.00 bits per heavy atom. The van der Waals surface area contributed by atoms with Crippen LogP contribution in [0, 0.1) is 0 Å². The molecule has 0 unspecified atom stereocenters. The van der Waals surface area contributed by atoms with Crippen LogP contribution in [0.15, 0.2) is 12.3 Å². The second-order valence-electron chi connectivity index (χ2n) is 2.61. The van der Waals surface area contributed by atoms with Gasteiger partial charge in [-0.25, -0.2) is 4.79 Å². The molecule has 0 aromatic heterocycles.